The number of ether oxygens (including phenoxy) is 1. The Morgan fingerprint density at radius 2 is 2.25 bits per heavy atom. The number of imidazole rings is 1. The molecule has 2 atom stereocenters. The molecule has 5 nitrogen and oxygen atoms in total. The normalized spacial score (nSPS) is 23.2. The number of fused-ring (bicyclic) bond motifs is 1. The zero-order chi connectivity index (χ0) is 14.3. The highest BCUT2D eigenvalue weighted by atomic mass is 35.5. The van der Waals surface area contributed by atoms with E-state index >= 15 is 0 Å². The van der Waals surface area contributed by atoms with Crippen LogP contribution in [0.4, 0.5) is 0 Å². The van der Waals surface area contributed by atoms with Crippen LogP contribution in [0.5, 0.6) is 0 Å². The molecule has 0 bridgehead atoms. The van der Waals surface area contributed by atoms with Gasteiger partial charge in [-0.15, -0.1) is 0 Å². The first kappa shape index (κ1) is 13.4. The monoisotopic (exact) mass is 293 g/mol. The van der Waals surface area contributed by atoms with Crippen LogP contribution >= 0.6 is 11.6 Å². The van der Waals surface area contributed by atoms with Crippen molar-refractivity contribution >= 4 is 23.2 Å². The number of nitrogens with zero attached hydrogens (tertiary/aromatic N) is 3. The first-order valence-corrected chi connectivity index (χ1v) is 7.01. The summed E-state index contributed by atoms with van der Waals surface area (Å²) >= 11 is 6.16. The van der Waals surface area contributed by atoms with E-state index in [0.29, 0.717) is 24.5 Å². The highest BCUT2D eigenvalue weighted by Crippen LogP contribution is 2.22. The number of morpholine rings is 1. The fourth-order valence-electron chi connectivity index (χ4n) is 2.48. The average molecular weight is 294 g/mol. The molecule has 2 aromatic heterocycles. The highest BCUT2D eigenvalue weighted by Gasteiger charge is 2.31. The van der Waals surface area contributed by atoms with Gasteiger partial charge in [-0.1, -0.05) is 17.7 Å². The summed E-state index contributed by atoms with van der Waals surface area (Å²) in [6.45, 7) is 5.04. The van der Waals surface area contributed by atoms with Crippen molar-refractivity contribution in [3.63, 3.8) is 0 Å². The predicted octanol–water partition coefficient (Wildman–Crippen LogP) is 2.24. The van der Waals surface area contributed by atoms with Crippen molar-refractivity contribution in [3.8, 4) is 0 Å². The topological polar surface area (TPSA) is 46.8 Å². The van der Waals surface area contributed by atoms with Crippen LogP contribution in [0.3, 0.4) is 0 Å². The van der Waals surface area contributed by atoms with Crippen LogP contribution in [0.1, 0.15) is 24.3 Å². The molecule has 0 unspecified atom stereocenters. The maximum absolute atomic E-state index is 12.8. The number of carbonyl (C=O) groups excluding carboxylic acids is 1. The first-order valence-electron chi connectivity index (χ1n) is 6.63. The number of rotatable bonds is 1. The second-order valence-corrected chi connectivity index (χ2v) is 5.49. The number of carbonyl (C=O) groups is 1. The first-order chi connectivity index (χ1) is 9.58. The van der Waals surface area contributed by atoms with Gasteiger partial charge in [-0.2, -0.15) is 0 Å². The standard InChI is InChI=1S/C14H16ClN3O2/c1-9-8-20-10(2)7-18(9)14(19)12-13(15)16-11-5-3-4-6-17(11)12/h3-6,9-10H,7-8H2,1-2H3/t9-,10+/m1/s1. The molecule has 3 heterocycles. The molecule has 1 aliphatic heterocycles. The second kappa shape index (κ2) is 5.07. The van der Waals surface area contributed by atoms with Crippen molar-refractivity contribution in [3.05, 3.63) is 35.2 Å². The number of hydrogen-bond acceptors (Lipinski definition) is 3. The number of aromatic nitrogens is 2. The van der Waals surface area contributed by atoms with Gasteiger partial charge in [0.25, 0.3) is 5.91 Å². The number of halogens is 1. The van der Waals surface area contributed by atoms with E-state index in [1.54, 1.807) is 15.5 Å². The summed E-state index contributed by atoms with van der Waals surface area (Å²) in [5.41, 5.74) is 1.10. The molecule has 1 aliphatic rings. The zero-order valence-electron chi connectivity index (χ0n) is 11.4. The maximum atomic E-state index is 12.8. The molecule has 0 saturated carbocycles. The van der Waals surface area contributed by atoms with E-state index in [4.69, 9.17) is 16.3 Å². The largest absolute Gasteiger partial charge is 0.375 e. The Morgan fingerprint density at radius 3 is 3.05 bits per heavy atom. The molecular weight excluding hydrogens is 278 g/mol. The summed E-state index contributed by atoms with van der Waals surface area (Å²) in [5, 5.41) is 0.243. The molecule has 20 heavy (non-hydrogen) atoms. The lowest BCUT2D eigenvalue weighted by molar-refractivity contribution is -0.0389. The molecule has 6 heteroatoms. The van der Waals surface area contributed by atoms with E-state index < -0.39 is 0 Å². The summed E-state index contributed by atoms with van der Waals surface area (Å²) in [4.78, 5) is 18.8. The summed E-state index contributed by atoms with van der Waals surface area (Å²) in [6, 6.07) is 5.58. The Balaban J connectivity index is 2.02. The molecule has 0 spiro atoms. The minimum atomic E-state index is -0.101. The third-order valence-electron chi connectivity index (χ3n) is 3.56. The lowest BCUT2D eigenvalue weighted by Crippen LogP contribution is -2.50. The summed E-state index contributed by atoms with van der Waals surface area (Å²) in [5.74, 6) is -0.101. The van der Waals surface area contributed by atoms with Crippen LogP contribution in [-0.4, -0.2) is 45.5 Å². The van der Waals surface area contributed by atoms with E-state index in [1.807, 2.05) is 32.0 Å². The van der Waals surface area contributed by atoms with Crippen molar-refractivity contribution in [2.75, 3.05) is 13.2 Å². The molecule has 3 rings (SSSR count). The lowest BCUT2D eigenvalue weighted by Gasteiger charge is -2.36. The minimum absolute atomic E-state index is 0.0315. The van der Waals surface area contributed by atoms with E-state index in [-0.39, 0.29) is 23.2 Å². The Kier molecular flexibility index (Phi) is 3.40. The number of amides is 1. The summed E-state index contributed by atoms with van der Waals surface area (Å²) in [7, 11) is 0. The van der Waals surface area contributed by atoms with Gasteiger partial charge in [-0.05, 0) is 26.0 Å². The maximum Gasteiger partial charge on any atom is 0.274 e. The second-order valence-electron chi connectivity index (χ2n) is 5.13. The molecular formula is C14H16ClN3O2. The fourth-order valence-corrected chi connectivity index (χ4v) is 2.74. The van der Waals surface area contributed by atoms with Gasteiger partial charge in [-0.3, -0.25) is 9.20 Å². The molecule has 1 fully saturated rings. The van der Waals surface area contributed by atoms with Gasteiger partial charge in [0.05, 0.1) is 18.8 Å². The third-order valence-corrected chi connectivity index (χ3v) is 3.82. The van der Waals surface area contributed by atoms with Crippen LogP contribution < -0.4 is 0 Å². The van der Waals surface area contributed by atoms with Crippen LogP contribution in [0, 0.1) is 0 Å². The lowest BCUT2D eigenvalue weighted by atomic mass is 10.2. The predicted molar refractivity (Wildman–Crippen MR) is 76.1 cm³/mol. The van der Waals surface area contributed by atoms with E-state index in [2.05, 4.69) is 4.98 Å². The van der Waals surface area contributed by atoms with E-state index in [1.165, 1.54) is 0 Å². The molecule has 1 amide bonds. The van der Waals surface area contributed by atoms with Crippen LogP contribution in [-0.2, 0) is 4.74 Å². The highest BCUT2D eigenvalue weighted by molar-refractivity contribution is 6.32. The SMILES string of the molecule is C[C@@H]1CO[C@@H](C)CN1C(=O)c1c(Cl)nc2ccccn12. The van der Waals surface area contributed by atoms with Crippen molar-refractivity contribution in [1.29, 1.82) is 0 Å². The van der Waals surface area contributed by atoms with Gasteiger partial charge in [0.2, 0.25) is 0 Å². The fraction of sp³-hybridized carbons (Fsp3) is 0.429. The van der Waals surface area contributed by atoms with Crippen molar-refractivity contribution in [2.24, 2.45) is 0 Å². The van der Waals surface area contributed by atoms with Gasteiger partial charge in [0, 0.05) is 12.7 Å². The van der Waals surface area contributed by atoms with E-state index in [9.17, 15) is 4.79 Å². The quantitative estimate of drug-likeness (QED) is 0.810. The van der Waals surface area contributed by atoms with Crippen molar-refractivity contribution < 1.29 is 9.53 Å². The van der Waals surface area contributed by atoms with Crippen LogP contribution in [0.2, 0.25) is 5.15 Å². The molecule has 0 aliphatic carbocycles. The van der Waals surface area contributed by atoms with Gasteiger partial charge in [0.15, 0.2) is 10.8 Å². The minimum Gasteiger partial charge on any atom is -0.375 e. The van der Waals surface area contributed by atoms with Gasteiger partial charge in [-0.25, -0.2) is 4.98 Å². The van der Waals surface area contributed by atoms with Crippen LogP contribution in [0.25, 0.3) is 5.65 Å². The molecule has 1 saturated heterocycles. The smallest absolute Gasteiger partial charge is 0.274 e. The zero-order valence-corrected chi connectivity index (χ0v) is 12.2. The van der Waals surface area contributed by atoms with Crippen molar-refractivity contribution in [2.45, 2.75) is 26.0 Å². The molecule has 0 aromatic carbocycles. The van der Waals surface area contributed by atoms with Gasteiger partial charge in [0.1, 0.15) is 5.65 Å². The van der Waals surface area contributed by atoms with Crippen LogP contribution in [0.15, 0.2) is 24.4 Å². The Labute approximate surface area is 122 Å². The Hall–Kier alpha value is -1.59. The van der Waals surface area contributed by atoms with Gasteiger partial charge >= 0.3 is 0 Å². The Bertz CT molecular complexity index is 655. The summed E-state index contributed by atoms with van der Waals surface area (Å²) in [6.07, 6.45) is 1.84. The van der Waals surface area contributed by atoms with E-state index in [0.717, 1.165) is 0 Å². The Morgan fingerprint density at radius 1 is 1.45 bits per heavy atom. The number of pyridine rings is 1. The van der Waals surface area contributed by atoms with Crippen molar-refractivity contribution in [1.82, 2.24) is 14.3 Å². The molecule has 0 N–H and O–H groups in total. The van der Waals surface area contributed by atoms with Gasteiger partial charge < -0.3 is 9.64 Å². The third kappa shape index (κ3) is 2.17. The molecule has 106 valence electrons. The average Bonchev–Trinajstić information content (AvgIpc) is 2.76. The molecule has 0 radical (unpaired) electrons. The molecule has 2 aromatic rings. The number of hydrogen-bond donors (Lipinski definition) is 0. The summed E-state index contributed by atoms with van der Waals surface area (Å²) < 4.78 is 7.29.